The summed E-state index contributed by atoms with van der Waals surface area (Å²) in [4.78, 5) is 8.50. The zero-order chi connectivity index (χ0) is 13.5. The van der Waals surface area contributed by atoms with Crippen molar-refractivity contribution in [2.24, 2.45) is 5.92 Å². The van der Waals surface area contributed by atoms with Gasteiger partial charge >= 0.3 is 0 Å². The fourth-order valence-electron chi connectivity index (χ4n) is 2.35. The summed E-state index contributed by atoms with van der Waals surface area (Å²) >= 11 is 0. The van der Waals surface area contributed by atoms with Crippen LogP contribution in [0.15, 0.2) is 12.4 Å². The summed E-state index contributed by atoms with van der Waals surface area (Å²) in [6, 6.07) is 2.39. The molecule has 19 heavy (non-hydrogen) atoms. The molecule has 0 aliphatic carbocycles. The van der Waals surface area contributed by atoms with E-state index in [0.29, 0.717) is 12.0 Å². The number of rotatable bonds is 6. The van der Waals surface area contributed by atoms with Crippen molar-refractivity contribution in [3.05, 3.63) is 12.4 Å². The van der Waals surface area contributed by atoms with Crippen LogP contribution in [0.1, 0.15) is 33.1 Å². The molecule has 1 saturated heterocycles. The molecule has 5 heteroatoms. The summed E-state index contributed by atoms with van der Waals surface area (Å²) in [6.45, 7) is 7.05. The third-order valence-corrected chi connectivity index (χ3v) is 3.57. The van der Waals surface area contributed by atoms with Crippen molar-refractivity contribution in [1.82, 2.24) is 9.97 Å². The van der Waals surface area contributed by atoms with Crippen LogP contribution in [0, 0.1) is 5.92 Å². The van der Waals surface area contributed by atoms with E-state index in [9.17, 15) is 0 Å². The molecule has 2 N–H and O–H groups in total. The molecule has 1 aliphatic rings. The van der Waals surface area contributed by atoms with Gasteiger partial charge < -0.3 is 15.4 Å². The van der Waals surface area contributed by atoms with Crippen molar-refractivity contribution < 1.29 is 4.74 Å². The summed E-state index contributed by atoms with van der Waals surface area (Å²) in [6.07, 6.45) is 4.95. The Morgan fingerprint density at radius 3 is 2.79 bits per heavy atom. The summed E-state index contributed by atoms with van der Waals surface area (Å²) in [5, 5.41) is 6.76. The maximum absolute atomic E-state index is 5.40. The summed E-state index contributed by atoms with van der Waals surface area (Å²) in [5.74, 6) is 2.45. The normalized spacial score (nSPS) is 18.0. The summed E-state index contributed by atoms with van der Waals surface area (Å²) < 4.78 is 5.40. The molecule has 0 radical (unpaired) electrons. The van der Waals surface area contributed by atoms with E-state index in [2.05, 4.69) is 34.4 Å². The van der Waals surface area contributed by atoms with Gasteiger partial charge in [-0.25, -0.2) is 9.97 Å². The van der Waals surface area contributed by atoms with E-state index in [-0.39, 0.29) is 0 Å². The second-order valence-electron chi connectivity index (χ2n) is 5.10. The van der Waals surface area contributed by atoms with Crippen LogP contribution in [0.2, 0.25) is 0 Å². The molecule has 0 spiro atoms. The highest BCUT2D eigenvalue weighted by molar-refractivity contribution is 5.46. The molecule has 1 aromatic rings. The summed E-state index contributed by atoms with van der Waals surface area (Å²) in [5.41, 5.74) is 0. The van der Waals surface area contributed by atoms with Crippen molar-refractivity contribution in [1.29, 1.82) is 0 Å². The molecule has 0 saturated carbocycles. The molecule has 0 aromatic carbocycles. The second-order valence-corrected chi connectivity index (χ2v) is 5.10. The van der Waals surface area contributed by atoms with Crippen molar-refractivity contribution in [2.45, 2.75) is 39.2 Å². The SMILES string of the molecule is CCCNc1cc(NC(C)C2CCOCC2)ncn1. The van der Waals surface area contributed by atoms with E-state index in [1.165, 1.54) is 0 Å². The van der Waals surface area contributed by atoms with Gasteiger partial charge in [-0.05, 0) is 32.1 Å². The van der Waals surface area contributed by atoms with Crippen LogP contribution in [-0.2, 0) is 4.74 Å². The Bertz CT molecular complexity index is 379. The first-order valence-electron chi connectivity index (χ1n) is 7.19. The molecular weight excluding hydrogens is 240 g/mol. The van der Waals surface area contributed by atoms with Crippen LogP contribution >= 0.6 is 0 Å². The lowest BCUT2D eigenvalue weighted by molar-refractivity contribution is 0.0622. The van der Waals surface area contributed by atoms with Gasteiger partial charge in [0.2, 0.25) is 0 Å². The molecule has 106 valence electrons. The highest BCUT2D eigenvalue weighted by Gasteiger charge is 2.20. The molecular formula is C14H24N4O. The Kier molecular flexibility index (Phi) is 5.39. The lowest BCUT2D eigenvalue weighted by atomic mass is 9.93. The van der Waals surface area contributed by atoms with Crippen LogP contribution in [0.4, 0.5) is 11.6 Å². The van der Waals surface area contributed by atoms with Crippen LogP contribution in [0.25, 0.3) is 0 Å². The van der Waals surface area contributed by atoms with Crippen molar-refractivity contribution in [3.8, 4) is 0 Å². The Morgan fingerprint density at radius 2 is 2.05 bits per heavy atom. The maximum Gasteiger partial charge on any atom is 0.131 e. The van der Waals surface area contributed by atoms with E-state index in [1.54, 1.807) is 6.33 Å². The molecule has 1 unspecified atom stereocenters. The van der Waals surface area contributed by atoms with E-state index < -0.39 is 0 Å². The third-order valence-electron chi connectivity index (χ3n) is 3.57. The average molecular weight is 264 g/mol. The van der Waals surface area contributed by atoms with Gasteiger partial charge in [-0.1, -0.05) is 6.92 Å². The lowest BCUT2D eigenvalue weighted by Gasteiger charge is -2.28. The van der Waals surface area contributed by atoms with Gasteiger partial charge in [0, 0.05) is 31.9 Å². The van der Waals surface area contributed by atoms with Gasteiger partial charge in [-0.3, -0.25) is 0 Å². The predicted molar refractivity (Wildman–Crippen MR) is 77.4 cm³/mol. The number of hydrogen-bond donors (Lipinski definition) is 2. The average Bonchev–Trinajstić information content (AvgIpc) is 2.46. The van der Waals surface area contributed by atoms with Crippen LogP contribution < -0.4 is 10.6 Å². The van der Waals surface area contributed by atoms with Crippen LogP contribution in [-0.4, -0.2) is 35.8 Å². The zero-order valence-electron chi connectivity index (χ0n) is 11.9. The standard InChI is InChI=1S/C14H24N4O/c1-3-6-15-13-9-14(17-10-16-13)18-11(2)12-4-7-19-8-5-12/h9-12H,3-8H2,1-2H3,(H2,15,16,17,18). The van der Waals surface area contributed by atoms with Crippen LogP contribution in [0.3, 0.4) is 0 Å². The minimum absolute atomic E-state index is 0.415. The highest BCUT2D eigenvalue weighted by atomic mass is 16.5. The molecule has 0 amide bonds. The number of hydrogen-bond acceptors (Lipinski definition) is 5. The number of nitrogens with one attached hydrogen (secondary N) is 2. The number of anilines is 2. The van der Waals surface area contributed by atoms with Crippen molar-refractivity contribution in [2.75, 3.05) is 30.4 Å². The largest absolute Gasteiger partial charge is 0.381 e. The first-order valence-corrected chi connectivity index (χ1v) is 7.19. The van der Waals surface area contributed by atoms with Gasteiger partial charge in [0.25, 0.3) is 0 Å². The van der Waals surface area contributed by atoms with Crippen LogP contribution in [0.5, 0.6) is 0 Å². The zero-order valence-corrected chi connectivity index (χ0v) is 11.9. The van der Waals surface area contributed by atoms with E-state index in [1.807, 2.05) is 6.07 Å². The molecule has 0 bridgehead atoms. The topological polar surface area (TPSA) is 59.1 Å². The quantitative estimate of drug-likeness (QED) is 0.827. The molecule has 2 heterocycles. The van der Waals surface area contributed by atoms with Gasteiger partial charge in [-0.2, -0.15) is 0 Å². The fourth-order valence-corrected chi connectivity index (χ4v) is 2.35. The highest BCUT2D eigenvalue weighted by Crippen LogP contribution is 2.21. The molecule has 1 aromatic heterocycles. The molecule has 1 fully saturated rings. The van der Waals surface area contributed by atoms with Crippen molar-refractivity contribution >= 4 is 11.6 Å². The second kappa shape index (κ2) is 7.28. The monoisotopic (exact) mass is 264 g/mol. The van der Waals surface area contributed by atoms with Gasteiger partial charge in [-0.15, -0.1) is 0 Å². The van der Waals surface area contributed by atoms with Gasteiger partial charge in [0.1, 0.15) is 18.0 Å². The third kappa shape index (κ3) is 4.35. The Labute approximate surface area is 115 Å². The molecule has 1 aliphatic heterocycles. The minimum Gasteiger partial charge on any atom is -0.381 e. The smallest absolute Gasteiger partial charge is 0.131 e. The van der Waals surface area contributed by atoms with E-state index in [0.717, 1.165) is 50.7 Å². The van der Waals surface area contributed by atoms with Crippen molar-refractivity contribution in [3.63, 3.8) is 0 Å². The molecule has 5 nitrogen and oxygen atoms in total. The fraction of sp³-hybridized carbons (Fsp3) is 0.714. The first kappa shape index (κ1) is 14.1. The van der Waals surface area contributed by atoms with E-state index >= 15 is 0 Å². The van der Waals surface area contributed by atoms with Gasteiger partial charge in [0.05, 0.1) is 0 Å². The molecule has 1 atom stereocenters. The Balaban J connectivity index is 1.90. The molecule has 2 rings (SSSR count). The Hall–Kier alpha value is -1.36. The lowest BCUT2D eigenvalue weighted by Crippen LogP contribution is -2.31. The minimum atomic E-state index is 0.415. The predicted octanol–water partition coefficient (Wildman–Crippen LogP) is 2.53. The first-order chi connectivity index (χ1) is 9.29. The Morgan fingerprint density at radius 1 is 1.32 bits per heavy atom. The maximum atomic E-state index is 5.40. The van der Waals surface area contributed by atoms with Gasteiger partial charge in [0.15, 0.2) is 0 Å². The van der Waals surface area contributed by atoms with E-state index in [4.69, 9.17) is 4.74 Å². The number of aromatic nitrogens is 2. The number of nitrogens with zero attached hydrogens (tertiary/aromatic N) is 2. The summed E-state index contributed by atoms with van der Waals surface area (Å²) in [7, 11) is 0. The number of ether oxygens (including phenoxy) is 1.